The van der Waals surface area contributed by atoms with E-state index >= 15 is 0 Å². The maximum Gasteiger partial charge on any atom is 0.213 e. The fourth-order valence-corrected chi connectivity index (χ4v) is 1.59. The van der Waals surface area contributed by atoms with Crippen LogP contribution in [0.3, 0.4) is 0 Å². The van der Waals surface area contributed by atoms with Gasteiger partial charge in [-0.2, -0.15) is 0 Å². The molecule has 0 amide bonds. The second kappa shape index (κ2) is 8.19. The van der Waals surface area contributed by atoms with Crippen molar-refractivity contribution in [3.05, 3.63) is 23.9 Å². The molecule has 5 nitrogen and oxygen atoms in total. The van der Waals surface area contributed by atoms with Crippen LogP contribution in [0.2, 0.25) is 0 Å². The zero-order valence-corrected chi connectivity index (χ0v) is 13.7. The van der Waals surface area contributed by atoms with Gasteiger partial charge >= 0.3 is 0 Å². The van der Waals surface area contributed by atoms with E-state index in [-0.39, 0.29) is 24.0 Å². The average molecular weight is 376 g/mol. The Kier molecular flexibility index (Phi) is 6.90. The fraction of sp³-hybridized carbons (Fsp3) is 0.538. The molecule has 0 atom stereocenters. The lowest BCUT2D eigenvalue weighted by atomic mass is 10.2. The number of hydrogen-bond acceptors (Lipinski definition) is 3. The van der Waals surface area contributed by atoms with Crippen molar-refractivity contribution in [3.8, 4) is 5.88 Å². The van der Waals surface area contributed by atoms with E-state index in [9.17, 15) is 0 Å². The van der Waals surface area contributed by atoms with E-state index in [1.807, 2.05) is 19.2 Å². The summed E-state index contributed by atoms with van der Waals surface area (Å²) in [6, 6.07) is 3.94. The molecule has 1 aromatic rings. The van der Waals surface area contributed by atoms with Gasteiger partial charge in [-0.15, -0.1) is 24.0 Å². The summed E-state index contributed by atoms with van der Waals surface area (Å²) in [5.41, 5.74) is 1.13. The molecule has 1 fully saturated rings. The number of halogens is 1. The Bertz CT molecular complexity index is 421. The third-order valence-electron chi connectivity index (χ3n) is 2.88. The Morgan fingerprint density at radius 1 is 1.53 bits per heavy atom. The minimum atomic E-state index is 0. The Labute approximate surface area is 131 Å². The van der Waals surface area contributed by atoms with E-state index in [1.165, 1.54) is 12.8 Å². The van der Waals surface area contributed by atoms with Crippen molar-refractivity contribution in [2.75, 3.05) is 20.7 Å². The summed E-state index contributed by atoms with van der Waals surface area (Å²) >= 11 is 0. The molecule has 106 valence electrons. The van der Waals surface area contributed by atoms with Gasteiger partial charge in [0.2, 0.25) is 5.88 Å². The monoisotopic (exact) mass is 376 g/mol. The molecular weight excluding hydrogens is 355 g/mol. The van der Waals surface area contributed by atoms with E-state index in [2.05, 4.69) is 20.6 Å². The molecule has 0 saturated heterocycles. The van der Waals surface area contributed by atoms with Gasteiger partial charge in [-0.25, -0.2) is 4.98 Å². The predicted molar refractivity (Wildman–Crippen MR) is 87.1 cm³/mol. The molecule has 6 heteroatoms. The van der Waals surface area contributed by atoms with Gasteiger partial charge in [0.05, 0.1) is 6.61 Å². The summed E-state index contributed by atoms with van der Waals surface area (Å²) in [6.07, 6.45) is 4.36. The van der Waals surface area contributed by atoms with Gasteiger partial charge in [0.1, 0.15) is 0 Å². The molecule has 1 heterocycles. The third kappa shape index (κ3) is 5.63. The Morgan fingerprint density at radius 3 is 2.95 bits per heavy atom. The highest BCUT2D eigenvalue weighted by Gasteiger charge is 2.22. The van der Waals surface area contributed by atoms with E-state index in [0.29, 0.717) is 12.4 Å². The van der Waals surface area contributed by atoms with Gasteiger partial charge in [-0.05, 0) is 30.4 Å². The smallest absolute Gasteiger partial charge is 0.213 e. The largest absolute Gasteiger partial charge is 0.477 e. The van der Waals surface area contributed by atoms with Gasteiger partial charge < -0.3 is 15.4 Å². The van der Waals surface area contributed by atoms with E-state index in [0.717, 1.165) is 24.0 Å². The SMILES string of the molecule is CN=C(NC)NCc1ccnc(OCC2CC2)c1.I. The molecule has 0 aromatic carbocycles. The highest BCUT2D eigenvalue weighted by Crippen LogP contribution is 2.29. The zero-order chi connectivity index (χ0) is 12.8. The Hall–Kier alpha value is -1.05. The second-order valence-electron chi connectivity index (χ2n) is 4.43. The van der Waals surface area contributed by atoms with Crippen molar-refractivity contribution in [2.45, 2.75) is 19.4 Å². The zero-order valence-electron chi connectivity index (χ0n) is 11.3. The van der Waals surface area contributed by atoms with Crippen LogP contribution < -0.4 is 15.4 Å². The van der Waals surface area contributed by atoms with Crippen LogP contribution >= 0.6 is 24.0 Å². The summed E-state index contributed by atoms with van der Waals surface area (Å²) in [4.78, 5) is 8.27. The van der Waals surface area contributed by atoms with Crippen molar-refractivity contribution < 1.29 is 4.74 Å². The molecule has 0 bridgehead atoms. The first-order valence-corrected chi connectivity index (χ1v) is 6.28. The molecule has 2 rings (SSSR count). The standard InChI is InChI=1S/C13H20N4O.HI/c1-14-13(15-2)17-8-11-5-6-16-12(7-11)18-9-10-3-4-10;/h5-7,10H,3-4,8-9H2,1-2H3,(H2,14,15,17);1H. The van der Waals surface area contributed by atoms with Gasteiger partial charge in [0.15, 0.2) is 5.96 Å². The topological polar surface area (TPSA) is 58.5 Å². The number of hydrogen-bond donors (Lipinski definition) is 2. The van der Waals surface area contributed by atoms with Crippen molar-refractivity contribution in [3.63, 3.8) is 0 Å². The first kappa shape index (κ1) is 16.0. The Balaban J connectivity index is 0.00000180. The average Bonchev–Trinajstić information content (AvgIpc) is 3.22. The number of nitrogens with zero attached hydrogens (tertiary/aromatic N) is 2. The summed E-state index contributed by atoms with van der Waals surface area (Å²) in [7, 11) is 3.58. The maximum atomic E-state index is 5.65. The van der Waals surface area contributed by atoms with Crippen LogP contribution in [0.4, 0.5) is 0 Å². The van der Waals surface area contributed by atoms with Gasteiger partial charge in [0, 0.05) is 32.9 Å². The van der Waals surface area contributed by atoms with Crippen LogP contribution in [-0.2, 0) is 6.54 Å². The second-order valence-corrected chi connectivity index (χ2v) is 4.43. The number of nitrogens with one attached hydrogen (secondary N) is 2. The number of aromatic nitrogens is 1. The van der Waals surface area contributed by atoms with Gasteiger partial charge in [-0.3, -0.25) is 4.99 Å². The lowest BCUT2D eigenvalue weighted by molar-refractivity contribution is 0.288. The minimum absolute atomic E-state index is 0. The van der Waals surface area contributed by atoms with Crippen LogP contribution in [0.5, 0.6) is 5.88 Å². The molecule has 1 aromatic heterocycles. The third-order valence-corrected chi connectivity index (χ3v) is 2.88. The molecule has 1 aliphatic rings. The van der Waals surface area contributed by atoms with Crippen LogP contribution in [0.15, 0.2) is 23.3 Å². The Morgan fingerprint density at radius 2 is 2.32 bits per heavy atom. The molecule has 19 heavy (non-hydrogen) atoms. The maximum absolute atomic E-state index is 5.65. The van der Waals surface area contributed by atoms with Crippen molar-refractivity contribution in [2.24, 2.45) is 10.9 Å². The molecule has 2 N–H and O–H groups in total. The number of pyridine rings is 1. The summed E-state index contributed by atoms with van der Waals surface area (Å²) < 4.78 is 5.65. The lowest BCUT2D eigenvalue weighted by Gasteiger charge is -2.09. The van der Waals surface area contributed by atoms with E-state index in [1.54, 1.807) is 13.2 Å². The molecule has 0 spiro atoms. The minimum Gasteiger partial charge on any atom is -0.477 e. The molecule has 0 radical (unpaired) electrons. The van der Waals surface area contributed by atoms with Crippen LogP contribution in [-0.4, -0.2) is 31.6 Å². The van der Waals surface area contributed by atoms with Gasteiger partial charge in [0.25, 0.3) is 0 Å². The molecule has 0 unspecified atom stereocenters. The number of aliphatic imine (C=N–C) groups is 1. The number of rotatable bonds is 5. The summed E-state index contributed by atoms with van der Waals surface area (Å²) in [5, 5.41) is 6.17. The van der Waals surface area contributed by atoms with E-state index in [4.69, 9.17) is 4.74 Å². The van der Waals surface area contributed by atoms with Crippen molar-refractivity contribution >= 4 is 29.9 Å². The lowest BCUT2D eigenvalue weighted by Crippen LogP contribution is -2.34. The van der Waals surface area contributed by atoms with Crippen LogP contribution in [0.25, 0.3) is 0 Å². The summed E-state index contributed by atoms with van der Waals surface area (Å²) in [6.45, 7) is 1.50. The summed E-state index contributed by atoms with van der Waals surface area (Å²) in [5.74, 6) is 2.23. The first-order chi connectivity index (χ1) is 8.81. The molecule has 1 saturated carbocycles. The predicted octanol–water partition coefficient (Wildman–Crippen LogP) is 1.78. The van der Waals surface area contributed by atoms with Crippen molar-refractivity contribution in [1.29, 1.82) is 0 Å². The van der Waals surface area contributed by atoms with Gasteiger partial charge in [-0.1, -0.05) is 0 Å². The fourth-order valence-electron chi connectivity index (χ4n) is 1.59. The highest BCUT2D eigenvalue weighted by atomic mass is 127. The first-order valence-electron chi connectivity index (χ1n) is 6.28. The van der Waals surface area contributed by atoms with Crippen LogP contribution in [0.1, 0.15) is 18.4 Å². The highest BCUT2D eigenvalue weighted by molar-refractivity contribution is 14.0. The number of guanidine groups is 1. The van der Waals surface area contributed by atoms with E-state index < -0.39 is 0 Å². The van der Waals surface area contributed by atoms with Crippen molar-refractivity contribution in [1.82, 2.24) is 15.6 Å². The molecular formula is C13H21IN4O. The number of ether oxygens (including phenoxy) is 1. The quantitative estimate of drug-likeness (QED) is 0.467. The molecule has 0 aliphatic heterocycles. The van der Waals surface area contributed by atoms with Crippen LogP contribution in [0, 0.1) is 5.92 Å². The normalized spacial score (nSPS) is 14.5. The molecule has 1 aliphatic carbocycles.